The molecule has 6 nitrogen and oxygen atoms in total. The summed E-state index contributed by atoms with van der Waals surface area (Å²) in [5.41, 5.74) is 6.64. The lowest BCUT2D eigenvalue weighted by Crippen LogP contribution is -2.29. The van der Waals surface area contributed by atoms with Crippen LogP contribution in [0.5, 0.6) is 0 Å². The first-order valence-electron chi connectivity index (χ1n) is 6.62. The number of amides is 1. The van der Waals surface area contributed by atoms with Crippen molar-refractivity contribution in [1.29, 1.82) is 0 Å². The number of likely N-dealkylation sites (tertiary alicyclic amines) is 1. The number of carbonyl (C=O) groups is 1. The van der Waals surface area contributed by atoms with E-state index in [0.29, 0.717) is 23.7 Å². The van der Waals surface area contributed by atoms with Crippen molar-refractivity contribution in [1.82, 2.24) is 9.88 Å². The number of hydrogen-bond acceptors (Lipinski definition) is 6. The van der Waals surface area contributed by atoms with Gasteiger partial charge in [0, 0.05) is 45.1 Å². The fourth-order valence-corrected chi connectivity index (χ4v) is 3.69. The monoisotopic (exact) mass is 307 g/mol. The summed E-state index contributed by atoms with van der Waals surface area (Å²) in [4.78, 5) is 19.0. The highest BCUT2D eigenvalue weighted by molar-refractivity contribution is 7.21. The number of rotatable bonds is 3. The Morgan fingerprint density at radius 3 is 2.62 bits per heavy atom. The Morgan fingerprint density at radius 1 is 1.38 bits per heavy atom. The highest BCUT2D eigenvalue weighted by Gasteiger charge is 2.37. The van der Waals surface area contributed by atoms with Crippen molar-refractivity contribution in [2.45, 2.75) is 12.2 Å². The van der Waals surface area contributed by atoms with E-state index in [-0.39, 0.29) is 18.1 Å². The zero-order valence-electron chi connectivity index (χ0n) is 11.9. The lowest BCUT2D eigenvalue weighted by molar-refractivity contribution is -0.00461. The molecule has 1 aliphatic heterocycles. The molecule has 2 aromatic heterocycles. The fourth-order valence-electron chi connectivity index (χ4n) is 2.64. The average Bonchev–Trinajstić information content (AvgIpc) is 3.08. The number of methoxy groups -OCH3 is 2. The van der Waals surface area contributed by atoms with Gasteiger partial charge in [0.05, 0.1) is 10.4 Å². The van der Waals surface area contributed by atoms with E-state index in [1.807, 2.05) is 6.07 Å². The first-order chi connectivity index (χ1) is 10.2. The maximum atomic E-state index is 12.7. The summed E-state index contributed by atoms with van der Waals surface area (Å²) in [5, 5.41) is 0.879. The van der Waals surface area contributed by atoms with Gasteiger partial charge in [-0.1, -0.05) is 0 Å². The van der Waals surface area contributed by atoms with Gasteiger partial charge < -0.3 is 20.1 Å². The second-order valence-electron chi connectivity index (χ2n) is 4.98. The molecule has 2 unspecified atom stereocenters. The SMILES string of the molecule is COC1CN(C(=O)c2sc3cnccc3c2N)CC1OC. The molecule has 112 valence electrons. The highest BCUT2D eigenvalue weighted by atomic mass is 32.1. The summed E-state index contributed by atoms with van der Waals surface area (Å²) >= 11 is 1.38. The molecule has 2 aromatic rings. The summed E-state index contributed by atoms with van der Waals surface area (Å²) < 4.78 is 11.6. The molecule has 3 heterocycles. The minimum atomic E-state index is -0.101. The molecule has 0 aliphatic carbocycles. The largest absolute Gasteiger partial charge is 0.397 e. The second-order valence-corrected chi connectivity index (χ2v) is 6.03. The quantitative estimate of drug-likeness (QED) is 0.926. The van der Waals surface area contributed by atoms with Crippen LogP contribution in [0, 0.1) is 0 Å². The highest BCUT2D eigenvalue weighted by Crippen LogP contribution is 2.34. The molecular weight excluding hydrogens is 290 g/mol. The van der Waals surface area contributed by atoms with Gasteiger partial charge in [-0.2, -0.15) is 0 Å². The maximum Gasteiger partial charge on any atom is 0.266 e. The van der Waals surface area contributed by atoms with Crippen LogP contribution in [-0.4, -0.2) is 55.3 Å². The maximum absolute atomic E-state index is 12.7. The van der Waals surface area contributed by atoms with Crippen molar-refractivity contribution < 1.29 is 14.3 Å². The standard InChI is InChI=1S/C14H17N3O3S/c1-19-9-6-17(7-10(9)20-2)14(18)13-12(15)8-3-4-16-5-11(8)21-13/h3-5,9-10H,6-7,15H2,1-2H3. The average molecular weight is 307 g/mol. The van der Waals surface area contributed by atoms with Crippen molar-refractivity contribution >= 4 is 33.0 Å². The third kappa shape index (κ3) is 2.37. The Bertz CT molecular complexity index is 661. The number of aromatic nitrogens is 1. The van der Waals surface area contributed by atoms with Crippen LogP contribution in [0.3, 0.4) is 0 Å². The minimum Gasteiger partial charge on any atom is -0.397 e. The van der Waals surface area contributed by atoms with Crippen molar-refractivity contribution in [2.75, 3.05) is 33.0 Å². The number of pyridine rings is 1. The lowest BCUT2D eigenvalue weighted by Gasteiger charge is -2.15. The molecule has 0 aromatic carbocycles. The van der Waals surface area contributed by atoms with E-state index in [4.69, 9.17) is 15.2 Å². The van der Waals surface area contributed by atoms with E-state index in [1.54, 1.807) is 31.5 Å². The van der Waals surface area contributed by atoms with E-state index < -0.39 is 0 Å². The molecule has 1 saturated heterocycles. The number of ether oxygens (including phenoxy) is 2. The van der Waals surface area contributed by atoms with Gasteiger partial charge in [0.25, 0.3) is 5.91 Å². The molecule has 7 heteroatoms. The van der Waals surface area contributed by atoms with Crippen LogP contribution in [0.2, 0.25) is 0 Å². The normalized spacial score (nSPS) is 22.1. The summed E-state index contributed by atoms with van der Waals surface area (Å²) in [6.45, 7) is 1.03. The van der Waals surface area contributed by atoms with Gasteiger partial charge in [0.2, 0.25) is 0 Å². The Hall–Kier alpha value is -1.70. The van der Waals surface area contributed by atoms with Crippen molar-refractivity contribution in [3.63, 3.8) is 0 Å². The van der Waals surface area contributed by atoms with E-state index in [9.17, 15) is 4.79 Å². The molecule has 2 N–H and O–H groups in total. The molecule has 0 spiro atoms. The predicted molar refractivity (Wildman–Crippen MR) is 81.5 cm³/mol. The van der Waals surface area contributed by atoms with E-state index in [1.165, 1.54) is 11.3 Å². The van der Waals surface area contributed by atoms with Crippen LogP contribution >= 0.6 is 11.3 Å². The number of nitrogens with zero attached hydrogens (tertiary/aromatic N) is 2. The number of anilines is 1. The minimum absolute atomic E-state index is 0.0738. The number of fused-ring (bicyclic) bond motifs is 1. The van der Waals surface area contributed by atoms with Gasteiger partial charge in [-0.25, -0.2) is 0 Å². The van der Waals surface area contributed by atoms with Crippen LogP contribution in [0.1, 0.15) is 9.67 Å². The molecule has 3 rings (SSSR count). The molecule has 21 heavy (non-hydrogen) atoms. The van der Waals surface area contributed by atoms with Crippen molar-refractivity contribution in [3.05, 3.63) is 23.3 Å². The zero-order chi connectivity index (χ0) is 15.0. The third-order valence-electron chi connectivity index (χ3n) is 3.83. The van der Waals surface area contributed by atoms with Crippen LogP contribution in [0.25, 0.3) is 10.1 Å². The van der Waals surface area contributed by atoms with Gasteiger partial charge in [-0.3, -0.25) is 9.78 Å². The molecule has 1 fully saturated rings. The first kappa shape index (κ1) is 14.2. The van der Waals surface area contributed by atoms with Gasteiger partial charge in [-0.05, 0) is 6.07 Å². The Morgan fingerprint density at radius 2 is 2.05 bits per heavy atom. The van der Waals surface area contributed by atoms with Crippen LogP contribution in [-0.2, 0) is 9.47 Å². The summed E-state index contributed by atoms with van der Waals surface area (Å²) in [6.07, 6.45) is 3.21. The Balaban J connectivity index is 1.89. The molecule has 2 atom stereocenters. The van der Waals surface area contributed by atoms with Gasteiger partial charge in [-0.15, -0.1) is 11.3 Å². The smallest absolute Gasteiger partial charge is 0.266 e. The topological polar surface area (TPSA) is 77.7 Å². The van der Waals surface area contributed by atoms with Crippen LogP contribution < -0.4 is 5.73 Å². The number of nitrogen functional groups attached to an aromatic ring is 1. The zero-order valence-corrected chi connectivity index (χ0v) is 12.7. The molecular formula is C14H17N3O3S. The summed E-state index contributed by atoms with van der Waals surface area (Å²) in [7, 11) is 3.26. The van der Waals surface area contributed by atoms with Gasteiger partial charge in [0.1, 0.15) is 17.1 Å². The molecule has 1 amide bonds. The van der Waals surface area contributed by atoms with Crippen molar-refractivity contribution in [3.8, 4) is 0 Å². The Kier molecular flexibility index (Phi) is 3.79. The fraction of sp³-hybridized carbons (Fsp3) is 0.429. The van der Waals surface area contributed by atoms with E-state index in [2.05, 4.69) is 4.98 Å². The van der Waals surface area contributed by atoms with E-state index >= 15 is 0 Å². The van der Waals surface area contributed by atoms with E-state index in [0.717, 1.165) is 10.1 Å². The molecule has 0 saturated carbocycles. The third-order valence-corrected chi connectivity index (χ3v) is 4.98. The van der Waals surface area contributed by atoms with Crippen molar-refractivity contribution in [2.24, 2.45) is 0 Å². The Labute approximate surface area is 126 Å². The van der Waals surface area contributed by atoms with Crippen LogP contribution in [0.4, 0.5) is 5.69 Å². The summed E-state index contributed by atoms with van der Waals surface area (Å²) in [6, 6.07) is 1.83. The molecule has 0 bridgehead atoms. The number of nitrogens with two attached hydrogens (primary N) is 1. The lowest BCUT2D eigenvalue weighted by atomic mass is 10.2. The summed E-state index contributed by atoms with van der Waals surface area (Å²) in [5.74, 6) is -0.0738. The number of carbonyl (C=O) groups excluding carboxylic acids is 1. The van der Waals surface area contributed by atoms with Gasteiger partial charge >= 0.3 is 0 Å². The predicted octanol–water partition coefficient (Wildman–Crippen LogP) is 1.36. The number of hydrogen-bond donors (Lipinski definition) is 1. The number of thiophene rings is 1. The van der Waals surface area contributed by atoms with Crippen LogP contribution in [0.15, 0.2) is 18.5 Å². The molecule has 1 aliphatic rings. The van der Waals surface area contributed by atoms with Gasteiger partial charge in [0.15, 0.2) is 0 Å². The first-order valence-corrected chi connectivity index (χ1v) is 7.44. The second kappa shape index (κ2) is 5.59. The molecule has 0 radical (unpaired) electrons.